The number of benzene rings is 12. The number of methoxy groups -OCH3 is 1. The van der Waals surface area contributed by atoms with Crippen molar-refractivity contribution < 1.29 is 73.5 Å². The number of aryl methyl sites for hydroxylation is 8. The monoisotopic (exact) mass is 1650 g/mol. The lowest BCUT2D eigenvalue weighted by Gasteiger charge is -2.25. The van der Waals surface area contributed by atoms with Gasteiger partial charge in [-0.15, -0.1) is 0 Å². The van der Waals surface area contributed by atoms with Crippen LogP contribution in [0.5, 0.6) is 23.0 Å². The fourth-order valence-corrected chi connectivity index (χ4v) is 21.8. The summed E-state index contributed by atoms with van der Waals surface area (Å²) in [5.41, 5.74) is 7.69. The summed E-state index contributed by atoms with van der Waals surface area (Å²) in [7, 11) is 0.380. The van der Waals surface area contributed by atoms with Gasteiger partial charge < -0.3 is 28.4 Å². The number of halogens is 7. The molecule has 0 fully saturated rings. The van der Waals surface area contributed by atoms with Crippen molar-refractivity contribution in [3.8, 4) is 23.0 Å². The van der Waals surface area contributed by atoms with Gasteiger partial charge in [0.2, 0.25) is 0 Å². The lowest BCUT2D eigenvalue weighted by atomic mass is 10.0. The summed E-state index contributed by atoms with van der Waals surface area (Å²) in [5.74, 6) is -8.36. The molecule has 0 aromatic heterocycles. The van der Waals surface area contributed by atoms with Crippen molar-refractivity contribution >= 4 is 61.5 Å². The van der Waals surface area contributed by atoms with Crippen molar-refractivity contribution in [3.63, 3.8) is 0 Å². The average Bonchev–Trinajstić information content (AvgIpc) is 0.821. The zero-order valence-electron chi connectivity index (χ0n) is 66.6. The normalized spacial score (nSPS) is 11.3. The highest BCUT2D eigenvalue weighted by Gasteiger charge is 2.61. The van der Waals surface area contributed by atoms with Crippen LogP contribution in [-0.4, -0.2) is 69.5 Å². The molecule has 0 saturated heterocycles. The van der Waals surface area contributed by atoms with Crippen molar-refractivity contribution in [2.24, 2.45) is 0 Å². The number of hydrogen-bond donors (Lipinski definition) is 0. The summed E-state index contributed by atoms with van der Waals surface area (Å²) < 4.78 is 122. The summed E-state index contributed by atoms with van der Waals surface area (Å²) >= 11 is 0. The second kappa shape index (κ2) is 42.8. The Labute approximate surface area is 688 Å². The molecule has 12 aromatic rings. The third-order valence-electron chi connectivity index (χ3n) is 17.8. The summed E-state index contributed by atoms with van der Waals surface area (Å²) in [6.07, 6.45) is -10.1. The van der Waals surface area contributed by atoms with E-state index in [1.807, 2.05) is 170 Å². The number of alkyl halides is 7. The van der Waals surface area contributed by atoms with Gasteiger partial charge in [-0.2, -0.15) is 22.0 Å². The first-order chi connectivity index (χ1) is 55.6. The first kappa shape index (κ1) is 89.3. The molecule has 9 nitrogen and oxygen atoms in total. The van der Waals surface area contributed by atoms with Gasteiger partial charge in [-0.05, 0) is 210 Å². The van der Waals surface area contributed by atoms with Crippen molar-refractivity contribution in [3.05, 3.63) is 336 Å². The molecule has 0 aliphatic rings. The Hall–Kier alpha value is -10.6. The largest absolute Gasteiger partial charge is 0.493 e. The second-order valence-corrected chi connectivity index (χ2v) is 35.1. The van der Waals surface area contributed by atoms with Gasteiger partial charge in [0.15, 0.2) is 72.0 Å². The number of hydrogen-bond acceptors (Lipinski definition) is 9. The summed E-state index contributed by atoms with van der Waals surface area (Å²) in [6, 6.07) is 100. The standard InChI is InChI=1S/C27H26F7OS.C24H23O4S.C23H23O3S.C22H23OS/c1-19-16-23(36(21-10-5-3-6-11-21)22-12-7-4-8-13-22)17-20(2)24(19)35-15-9-14-25(28,29)18-26(30,31)27(32,33)34;1-17-14-22(15-18(2)24(17)28-23(26)16-27-19(3)25)29(20-10-6-4-7-11-20)21-12-8-5-9-13-21;1-17-14-21(15-18(2)23(17)26-16-22(24)25-3)27(19-10-6-4-7-11-19)20-12-8-5-9-13-20;1-4-23-22-17(2)15-21(16-18(22)3)24(19-11-7-5-8-12-19)20-13-9-6-10-14-20/h3-8,10-13,16-17H,9,14-15,18H2,1-2H3;4-15H,16H2,1-3H3;4-15H,16H2,1-3H3;5-16H,4H2,1-3H3/q4*+1. The molecule has 0 radical (unpaired) electrons. The van der Waals surface area contributed by atoms with Crippen molar-refractivity contribution in [2.45, 2.75) is 165 Å². The van der Waals surface area contributed by atoms with Crippen LogP contribution in [0.2, 0.25) is 0 Å². The molecule has 0 amide bonds. The highest BCUT2D eigenvalue weighted by Crippen LogP contribution is 2.45. The van der Waals surface area contributed by atoms with Crippen molar-refractivity contribution in [1.29, 1.82) is 0 Å². The summed E-state index contributed by atoms with van der Waals surface area (Å²) in [6.45, 7) is 19.1. The van der Waals surface area contributed by atoms with Gasteiger partial charge in [-0.25, -0.2) is 18.4 Å². The quantitative estimate of drug-likeness (QED) is 0.0164. The fourth-order valence-electron chi connectivity index (χ4n) is 12.7. The minimum atomic E-state index is -6.01. The highest BCUT2D eigenvalue weighted by atomic mass is 32.2. The first-order valence-corrected chi connectivity index (χ1v) is 42.4. The van der Waals surface area contributed by atoms with Crippen LogP contribution in [-0.2, 0) is 67.4 Å². The van der Waals surface area contributed by atoms with E-state index in [1.54, 1.807) is 0 Å². The molecule has 12 rings (SSSR count). The molecule has 0 saturated carbocycles. The van der Waals surface area contributed by atoms with E-state index in [1.165, 1.54) is 64.3 Å². The maximum Gasteiger partial charge on any atom is 0.453 e. The van der Waals surface area contributed by atoms with Crippen LogP contribution in [0.3, 0.4) is 0 Å². The zero-order valence-corrected chi connectivity index (χ0v) is 69.9. The van der Waals surface area contributed by atoms with Gasteiger partial charge in [-0.1, -0.05) is 146 Å². The molecule has 0 aliphatic carbocycles. The zero-order chi connectivity index (χ0) is 83.5. The van der Waals surface area contributed by atoms with Crippen LogP contribution >= 0.6 is 0 Å². The van der Waals surface area contributed by atoms with Crippen LogP contribution in [0.1, 0.15) is 77.6 Å². The van der Waals surface area contributed by atoms with Gasteiger partial charge in [0, 0.05) is 61.9 Å². The number of carbonyl (C=O) groups is 3. The minimum absolute atomic E-state index is 0.0827. The van der Waals surface area contributed by atoms with E-state index in [2.05, 4.69) is 188 Å². The molecule has 0 atom stereocenters. The second-order valence-electron chi connectivity index (χ2n) is 27.0. The van der Waals surface area contributed by atoms with Gasteiger partial charge >= 0.3 is 30.0 Å². The molecule has 0 bridgehead atoms. The smallest absolute Gasteiger partial charge is 0.453 e. The minimum Gasteiger partial charge on any atom is -0.493 e. The Balaban J connectivity index is 0.000000179. The Morgan fingerprint density at radius 2 is 0.578 bits per heavy atom. The van der Waals surface area contributed by atoms with Crippen LogP contribution in [0.25, 0.3) is 0 Å². The van der Waals surface area contributed by atoms with Crippen LogP contribution < -0.4 is 18.9 Å². The molecule has 0 unspecified atom stereocenters. The number of carbonyl (C=O) groups excluding carboxylic acids is 3. The van der Waals surface area contributed by atoms with Gasteiger partial charge in [0.25, 0.3) is 5.92 Å². The topological polar surface area (TPSA) is 107 Å². The number of ether oxygens (including phenoxy) is 6. The lowest BCUT2D eigenvalue weighted by Crippen LogP contribution is -2.41. The molecule has 0 spiro atoms. The lowest BCUT2D eigenvalue weighted by molar-refractivity contribution is -0.301. The average molecular weight is 1650 g/mol. The van der Waals surface area contributed by atoms with Crippen LogP contribution in [0.4, 0.5) is 30.7 Å². The molecule has 12 aromatic carbocycles. The van der Waals surface area contributed by atoms with E-state index in [-0.39, 0.29) is 58.3 Å². The van der Waals surface area contributed by atoms with Crippen LogP contribution in [0, 0.1) is 55.4 Å². The van der Waals surface area contributed by atoms with Crippen LogP contribution in [0.15, 0.2) is 350 Å². The van der Waals surface area contributed by atoms with Crippen molar-refractivity contribution in [1.82, 2.24) is 0 Å². The first-order valence-electron chi connectivity index (χ1n) is 37.5. The van der Waals surface area contributed by atoms with Gasteiger partial charge in [-0.3, -0.25) is 4.79 Å². The molecule has 0 aliphatic heterocycles. The molecule has 602 valence electrons. The summed E-state index contributed by atoms with van der Waals surface area (Å²) in [4.78, 5) is 48.9. The van der Waals surface area contributed by atoms with E-state index in [9.17, 15) is 45.1 Å². The maximum atomic E-state index is 13.8. The Bertz CT molecular complexity index is 4880. The highest BCUT2D eigenvalue weighted by molar-refractivity contribution is 7.98. The Morgan fingerprint density at radius 3 is 0.819 bits per heavy atom. The molecule has 20 heteroatoms. The third kappa shape index (κ3) is 25.2. The van der Waals surface area contributed by atoms with E-state index in [0.29, 0.717) is 18.1 Å². The molecule has 116 heavy (non-hydrogen) atoms. The molecule has 0 N–H and O–H groups in total. The fraction of sp³-hybridized carbons (Fsp3) is 0.219. The SMILES string of the molecule is CC(=O)OCC(=O)Oc1c(C)cc([S+](c2ccccc2)c2ccccc2)cc1C.CCOc1c(C)cc([S+](c2ccccc2)c2ccccc2)cc1C.COC(=O)COc1c(C)cc([S+](c2ccccc2)c2ccccc2)cc1C.Cc1cc([S+](c2ccccc2)c2ccccc2)cc(C)c1OCCCC(F)(F)CC(F)(F)C(F)(F)F. The molecular formula is C96H95F7O9S4+4. The Kier molecular flexibility index (Phi) is 33.0. The van der Waals surface area contributed by atoms with Gasteiger partial charge in [0.1, 0.15) is 23.0 Å². The number of esters is 3. The maximum absolute atomic E-state index is 13.8. The van der Waals surface area contributed by atoms with E-state index >= 15 is 0 Å². The Morgan fingerprint density at radius 1 is 0.328 bits per heavy atom. The van der Waals surface area contributed by atoms with E-state index in [4.69, 9.17) is 23.7 Å². The molecule has 0 heterocycles. The predicted octanol–water partition coefficient (Wildman–Crippen LogP) is 24.4. The van der Waals surface area contributed by atoms with Crippen molar-refractivity contribution in [2.75, 3.05) is 33.5 Å². The molecular weight excluding hydrogens is 1560 g/mol. The van der Waals surface area contributed by atoms with Gasteiger partial charge in [0.05, 0.1) is 70.3 Å². The van der Waals surface area contributed by atoms with E-state index < -0.39 is 60.3 Å². The number of rotatable bonds is 27. The third-order valence-corrected chi connectivity index (χ3v) is 26.6. The summed E-state index contributed by atoms with van der Waals surface area (Å²) in [5, 5.41) is 0. The van der Waals surface area contributed by atoms with E-state index in [0.717, 1.165) is 64.5 Å². The predicted molar refractivity (Wildman–Crippen MR) is 450 cm³/mol.